The first-order chi connectivity index (χ1) is 10.6. The van der Waals surface area contributed by atoms with E-state index < -0.39 is 0 Å². The lowest BCUT2D eigenvalue weighted by Crippen LogP contribution is -2.37. The van der Waals surface area contributed by atoms with Crippen molar-refractivity contribution >= 4 is 17.2 Å². The maximum Gasteiger partial charge on any atom is 0.228 e. The van der Waals surface area contributed by atoms with Crippen molar-refractivity contribution < 1.29 is 4.79 Å². The van der Waals surface area contributed by atoms with Gasteiger partial charge in [0.2, 0.25) is 5.91 Å². The standard InChI is InChI=1S/C16H22N4OS/c1-4-20(10-9-19(2)3)15(21)11-14-12-22-16(18-14)13-5-7-17-8-6-13/h5-8,12H,4,9-11H2,1-3H3. The summed E-state index contributed by atoms with van der Waals surface area (Å²) in [6.45, 7) is 4.37. The van der Waals surface area contributed by atoms with E-state index in [1.807, 2.05) is 43.4 Å². The van der Waals surface area contributed by atoms with E-state index in [4.69, 9.17) is 0 Å². The Kier molecular flexibility index (Phi) is 6.03. The largest absolute Gasteiger partial charge is 0.341 e. The minimum Gasteiger partial charge on any atom is -0.341 e. The predicted molar refractivity (Wildman–Crippen MR) is 89.9 cm³/mol. The van der Waals surface area contributed by atoms with E-state index in [-0.39, 0.29) is 5.91 Å². The van der Waals surface area contributed by atoms with Crippen LogP contribution in [-0.2, 0) is 11.2 Å². The van der Waals surface area contributed by atoms with Gasteiger partial charge < -0.3 is 9.80 Å². The smallest absolute Gasteiger partial charge is 0.228 e. The van der Waals surface area contributed by atoms with Crippen LogP contribution in [0.3, 0.4) is 0 Å². The topological polar surface area (TPSA) is 49.3 Å². The Morgan fingerprint density at radius 3 is 2.59 bits per heavy atom. The summed E-state index contributed by atoms with van der Waals surface area (Å²) in [5.41, 5.74) is 1.88. The van der Waals surface area contributed by atoms with E-state index in [1.165, 1.54) is 0 Å². The summed E-state index contributed by atoms with van der Waals surface area (Å²) >= 11 is 1.56. The van der Waals surface area contributed by atoms with Crippen molar-refractivity contribution in [2.24, 2.45) is 0 Å². The van der Waals surface area contributed by atoms with E-state index in [9.17, 15) is 4.79 Å². The molecule has 0 N–H and O–H groups in total. The highest BCUT2D eigenvalue weighted by Gasteiger charge is 2.14. The van der Waals surface area contributed by atoms with Gasteiger partial charge in [-0.3, -0.25) is 9.78 Å². The molecule has 0 spiro atoms. The summed E-state index contributed by atoms with van der Waals surface area (Å²) in [5, 5.41) is 2.90. The number of hydrogen-bond donors (Lipinski definition) is 0. The molecule has 0 aromatic carbocycles. The number of pyridine rings is 1. The van der Waals surface area contributed by atoms with Crippen molar-refractivity contribution in [3.8, 4) is 10.6 Å². The van der Waals surface area contributed by atoms with Crippen LogP contribution in [0.4, 0.5) is 0 Å². The molecular formula is C16H22N4OS. The van der Waals surface area contributed by atoms with Gasteiger partial charge in [0.1, 0.15) is 5.01 Å². The Labute approximate surface area is 135 Å². The number of nitrogens with zero attached hydrogens (tertiary/aromatic N) is 4. The molecule has 0 atom stereocenters. The summed E-state index contributed by atoms with van der Waals surface area (Å²) in [5.74, 6) is 0.135. The first kappa shape index (κ1) is 16.6. The predicted octanol–water partition coefficient (Wildman–Crippen LogP) is 2.16. The van der Waals surface area contributed by atoms with Crippen molar-refractivity contribution in [3.63, 3.8) is 0 Å². The highest BCUT2D eigenvalue weighted by atomic mass is 32.1. The van der Waals surface area contributed by atoms with Crippen LogP contribution < -0.4 is 0 Å². The molecule has 0 radical (unpaired) electrons. The van der Waals surface area contributed by atoms with Gasteiger partial charge >= 0.3 is 0 Å². The second kappa shape index (κ2) is 8.00. The second-order valence-corrected chi connectivity index (χ2v) is 6.19. The number of hydrogen-bond acceptors (Lipinski definition) is 5. The first-order valence-electron chi connectivity index (χ1n) is 7.37. The number of carbonyl (C=O) groups excluding carboxylic acids is 1. The van der Waals surface area contributed by atoms with Gasteiger partial charge in [0.15, 0.2) is 0 Å². The van der Waals surface area contributed by atoms with Gasteiger partial charge in [0.05, 0.1) is 12.1 Å². The van der Waals surface area contributed by atoms with Crippen LogP contribution in [0.5, 0.6) is 0 Å². The molecule has 2 heterocycles. The number of thiazole rings is 1. The molecule has 2 aromatic rings. The van der Waals surface area contributed by atoms with Crippen LogP contribution >= 0.6 is 11.3 Å². The zero-order valence-electron chi connectivity index (χ0n) is 13.3. The van der Waals surface area contributed by atoms with Crippen molar-refractivity contribution in [3.05, 3.63) is 35.6 Å². The summed E-state index contributed by atoms with van der Waals surface area (Å²) < 4.78 is 0. The van der Waals surface area contributed by atoms with E-state index in [2.05, 4.69) is 14.9 Å². The Balaban J connectivity index is 1.98. The highest BCUT2D eigenvalue weighted by Crippen LogP contribution is 2.23. The zero-order valence-corrected chi connectivity index (χ0v) is 14.1. The molecule has 5 nitrogen and oxygen atoms in total. The van der Waals surface area contributed by atoms with Gasteiger partial charge in [-0.2, -0.15) is 0 Å². The molecule has 1 amide bonds. The van der Waals surface area contributed by atoms with Gasteiger partial charge in [-0.1, -0.05) is 0 Å². The Bertz CT molecular complexity index is 597. The third kappa shape index (κ3) is 4.61. The lowest BCUT2D eigenvalue weighted by atomic mass is 10.2. The molecule has 0 fully saturated rings. The van der Waals surface area contributed by atoms with E-state index in [0.29, 0.717) is 6.42 Å². The minimum atomic E-state index is 0.135. The van der Waals surface area contributed by atoms with Gasteiger partial charge in [-0.05, 0) is 33.2 Å². The highest BCUT2D eigenvalue weighted by molar-refractivity contribution is 7.13. The zero-order chi connectivity index (χ0) is 15.9. The van der Waals surface area contributed by atoms with E-state index >= 15 is 0 Å². The monoisotopic (exact) mass is 318 g/mol. The van der Waals surface area contributed by atoms with Gasteiger partial charge in [-0.15, -0.1) is 11.3 Å². The van der Waals surface area contributed by atoms with Crippen molar-refractivity contribution in [2.45, 2.75) is 13.3 Å². The van der Waals surface area contributed by atoms with Gasteiger partial charge in [0.25, 0.3) is 0 Å². The van der Waals surface area contributed by atoms with E-state index in [0.717, 1.165) is 35.9 Å². The quantitative estimate of drug-likeness (QED) is 0.785. The van der Waals surface area contributed by atoms with Crippen LogP contribution in [0, 0.1) is 0 Å². The average Bonchev–Trinajstić information content (AvgIpc) is 2.97. The molecule has 118 valence electrons. The molecule has 2 rings (SSSR count). The molecule has 6 heteroatoms. The van der Waals surface area contributed by atoms with Crippen LogP contribution in [0.2, 0.25) is 0 Å². The Morgan fingerprint density at radius 1 is 1.23 bits per heavy atom. The van der Waals surface area contributed by atoms with Crippen LogP contribution in [0.25, 0.3) is 10.6 Å². The minimum absolute atomic E-state index is 0.135. The summed E-state index contributed by atoms with van der Waals surface area (Å²) in [6, 6.07) is 3.86. The third-order valence-corrected chi connectivity index (χ3v) is 4.30. The maximum absolute atomic E-state index is 12.4. The first-order valence-corrected chi connectivity index (χ1v) is 8.25. The van der Waals surface area contributed by atoms with Crippen LogP contribution in [-0.4, -0.2) is 59.4 Å². The molecule has 0 aliphatic rings. The van der Waals surface area contributed by atoms with Crippen molar-refractivity contribution in [2.75, 3.05) is 33.7 Å². The fraction of sp³-hybridized carbons (Fsp3) is 0.438. The van der Waals surface area contributed by atoms with Gasteiger partial charge in [-0.25, -0.2) is 4.98 Å². The van der Waals surface area contributed by atoms with Gasteiger partial charge in [0, 0.05) is 43.0 Å². The average molecular weight is 318 g/mol. The molecule has 0 unspecified atom stereocenters. The molecule has 2 aromatic heterocycles. The normalized spacial score (nSPS) is 10.9. The molecular weight excluding hydrogens is 296 g/mol. The fourth-order valence-corrected chi connectivity index (χ4v) is 2.89. The van der Waals surface area contributed by atoms with Crippen LogP contribution in [0.1, 0.15) is 12.6 Å². The number of rotatable bonds is 7. The SMILES string of the molecule is CCN(CCN(C)C)C(=O)Cc1csc(-c2ccncc2)n1. The Hall–Kier alpha value is -1.79. The molecule has 0 saturated carbocycles. The van der Waals surface area contributed by atoms with E-state index in [1.54, 1.807) is 23.7 Å². The number of likely N-dealkylation sites (N-methyl/N-ethyl adjacent to an activating group) is 2. The second-order valence-electron chi connectivity index (χ2n) is 5.33. The molecule has 0 aliphatic carbocycles. The van der Waals surface area contributed by atoms with Crippen molar-refractivity contribution in [1.29, 1.82) is 0 Å². The molecule has 0 saturated heterocycles. The lowest BCUT2D eigenvalue weighted by Gasteiger charge is -2.22. The summed E-state index contributed by atoms with van der Waals surface area (Å²) in [7, 11) is 4.03. The summed E-state index contributed by atoms with van der Waals surface area (Å²) in [6.07, 6.45) is 3.87. The maximum atomic E-state index is 12.4. The molecule has 0 bridgehead atoms. The summed E-state index contributed by atoms with van der Waals surface area (Å²) in [4.78, 5) is 24.9. The number of carbonyl (C=O) groups is 1. The lowest BCUT2D eigenvalue weighted by molar-refractivity contribution is -0.130. The molecule has 0 aliphatic heterocycles. The number of amides is 1. The Morgan fingerprint density at radius 2 is 1.95 bits per heavy atom. The van der Waals surface area contributed by atoms with Crippen LogP contribution in [0.15, 0.2) is 29.9 Å². The number of aromatic nitrogens is 2. The molecule has 22 heavy (non-hydrogen) atoms. The van der Waals surface area contributed by atoms with Crippen molar-refractivity contribution in [1.82, 2.24) is 19.8 Å². The third-order valence-electron chi connectivity index (χ3n) is 3.36. The fourth-order valence-electron chi connectivity index (χ4n) is 2.06.